The molecule has 0 spiro atoms. The molecule has 0 amide bonds. The number of fused-ring (bicyclic) bond motifs is 5. The Bertz CT molecular complexity index is 2900. The number of hydrogen-bond donors (Lipinski definition) is 0. The van der Waals surface area contributed by atoms with E-state index in [1.54, 1.807) is 0 Å². The zero-order valence-electron chi connectivity index (χ0n) is 28.4. The minimum atomic E-state index is 1.12. The van der Waals surface area contributed by atoms with Gasteiger partial charge < -0.3 is 4.90 Å². The van der Waals surface area contributed by atoms with Gasteiger partial charge in [-0.15, -0.1) is 11.3 Å². The van der Waals surface area contributed by atoms with Gasteiger partial charge in [0.05, 0.1) is 10.4 Å². The Morgan fingerprint density at radius 3 is 1.63 bits per heavy atom. The highest BCUT2D eigenvalue weighted by atomic mass is 32.1. The van der Waals surface area contributed by atoms with Gasteiger partial charge in [0, 0.05) is 26.8 Å². The van der Waals surface area contributed by atoms with Crippen LogP contribution in [-0.2, 0) is 0 Å². The van der Waals surface area contributed by atoms with Gasteiger partial charge >= 0.3 is 0 Å². The molecular weight excluding hydrogens is 647 g/mol. The molecule has 0 fully saturated rings. The van der Waals surface area contributed by atoms with Crippen LogP contribution in [0.2, 0.25) is 0 Å². The van der Waals surface area contributed by atoms with E-state index in [9.17, 15) is 0 Å². The first-order chi connectivity index (χ1) is 25.7. The molecule has 10 rings (SSSR count). The molecule has 9 aromatic carbocycles. The minimum absolute atomic E-state index is 1.12. The molecule has 0 aliphatic rings. The monoisotopic (exact) mass is 679 g/mol. The summed E-state index contributed by atoms with van der Waals surface area (Å²) in [6.07, 6.45) is 0. The molecule has 1 aromatic heterocycles. The average molecular weight is 680 g/mol. The molecule has 0 radical (unpaired) electrons. The third kappa shape index (κ3) is 5.42. The maximum Gasteiger partial charge on any atom is 0.0640 e. The van der Waals surface area contributed by atoms with Crippen LogP contribution in [-0.4, -0.2) is 0 Å². The summed E-state index contributed by atoms with van der Waals surface area (Å²) in [6, 6.07) is 73.0. The van der Waals surface area contributed by atoms with Gasteiger partial charge in [-0.2, -0.15) is 0 Å². The van der Waals surface area contributed by atoms with E-state index >= 15 is 0 Å². The van der Waals surface area contributed by atoms with E-state index in [1.807, 2.05) is 11.3 Å². The molecule has 10 aromatic rings. The summed E-state index contributed by atoms with van der Waals surface area (Å²) in [5, 5.41) is 7.58. The van der Waals surface area contributed by atoms with Crippen molar-refractivity contribution in [1.82, 2.24) is 0 Å². The lowest BCUT2D eigenvalue weighted by Gasteiger charge is -2.27. The molecule has 52 heavy (non-hydrogen) atoms. The molecule has 0 saturated heterocycles. The third-order valence-electron chi connectivity index (χ3n) is 10.2. The number of nitrogens with zero attached hydrogens (tertiary/aromatic N) is 1. The normalized spacial score (nSPS) is 11.5. The number of thiophene rings is 1. The molecule has 244 valence electrons. The van der Waals surface area contributed by atoms with Crippen LogP contribution in [0.5, 0.6) is 0 Å². The highest BCUT2D eigenvalue weighted by Gasteiger charge is 2.19. The van der Waals surface area contributed by atoms with Crippen LogP contribution >= 0.6 is 11.3 Å². The van der Waals surface area contributed by atoms with Gasteiger partial charge in [0.1, 0.15) is 0 Å². The smallest absolute Gasteiger partial charge is 0.0640 e. The van der Waals surface area contributed by atoms with Gasteiger partial charge in [-0.3, -0.25) is 0 Å². The fraction of sp³-hybridized carbons (Fsp3) is 0. The number of rotatable bonds is 6. The van der Waals surface area contributed by atoms with Crippen LogP contribution in [0.25, 0.3) is 75.1 Å². The predicted molar refractivity (Wildman–Crippen MR) is 225 cm³/mol. The Balaban J connectivity index is 1.09. The van der Waals surface area contributed by atoms with Crippen molar-refractivity contribution in [3.05, 3.63) is 200 Å². The Kier molecular flexibility index (Phi) is 7.41. The second kappa shape index (κ2) is 12.7. The molecule has 1 heterocycles. The lowest BCUT2D eigenvalue weighted by atomic mass is 9.97. The Morgan fingerprint density at radius 2 is 0.846 bits per heavy atom. The quantitative estimate of drug-likeness (QED) is 0.169. The van der Waals surface area contributed by atoms with E-state index in [1.165, 1.54) is 80.8 Å². The fourth-order valence-corrected chi connectivity index (χ4v) is 8.77. The van der Waals surface area contributed by atoms with Crippen molar-refractivity contribution in [3.63, 3.8) is 0 Å². The molecule has 2 heteroatoms. The lowest BCUT2D eigenvalue weighted by molar-refractivity contribution is 1.30. The number of anilines is 3. The summed E-state index contributed by atoms with van der Waals surface area (Å²) in [7, 11) is 0. The second-order valence-corrected chi connectivity index (χ2v) is 14.4. The zero-order chi connectivity index (χ0) is 34.4. The molecule has 1 nitrogen and oxygen atoms in total. The Labute approximate surface area is 307 Å². The van der Waals surface area contributed by atoms with Crippen LogP contribution < -0.4 is 4.90 Å². The summed E-state index contributed by atoms with van der Waals surface area (Å²) >= 11 is 1.87. The molecule has 0 bridgehead atoms. The average Bonchev–Trinajstić information content (AvgIpc) is 3.61. The summed E-state index contributed by atoms with van der Waals surface area (Å²) in [5.74, 6) is 0. The van der Waals surface area contributed by atoms with Crippen molar-refractivity contribution in [2.24, 2.45) is 0 Å². The van der Waals surface area contributed by atoms with Crippen molar-refractivity contribution in [2.45, 2.75) is 0 Å². The van der Waals surface area contributed by atoms with Crippen LogP contribution in [0, 0.1) is 0 Å². The first-order valence-corrected chi connectivity index (χ1v) is 18.6. The van der Waals surface area contributed by atoms with Crippen LogP contribution in [0.3, 0.4) is 0 Å². The van der Waals surface area contributed by atoms with Crippen LogP contribution in [0.4, 0.5) is 17.1 Å². The summed E-state index contributed by atoms with van der Waals surface area (Å²) in [6.45, 7) is 0. The Morgan fingerprint density at radius 1 is 0.308 bits per heavy atom. The highest BCUT2D eigenvalue weighted by molar-refractivity contribution is 7.26. The summed E-state index contributed by atoms with van der Waals surface area (Å²) in [4.78, 5) is 2.43. The second-order valence-electron chi connectivity index (χ2n) is 13.4. The van der Waals surface area contributed by atoms with Gasteiger partial charge in [0.25, 0.3) is 0 Å². The lowest BCUT2D eigenvalue weighted by Crippen LogP contribution is -2.10. The molecule has 0 N–H and O–H groups in total. The van der Waals surface area contributed by atoms with Gasteiger partial charge in [-0.05, 0) is 110 Å². The SMILES string of the molecule is c1ccc(-c2ccc3ccc(-c4ccc(N(c5cccc(-c6ccc7ccccc7c6)c5)c5cccc6c5sc5ccccc56)cc4)cc3c2)cc1. The number of hydrogen-bond acceptors (Lipinski definition) is 2. The van der Waals surface area contributed by atoms with Crippen molar-refractivity contribution in [2.75, 3.05) is 4.90 Å². The van der Waals surface area contributed by atoms with Crippen molar-refractivity contribution in [3.8, 4) is 33.4 Å². The largest absolute Gasteiger partial charge is 0.309 e. The van der Waals surface area contributed by atoms with E-state index in [0.717, 1.165) is 11.4 Å². The van der Waals surface area contributed by atoms with Crippen molar-refractivity contribution in [1.29, 1.82) is 0 Å². The molecular formula is C50H33NS. The molecule has 0 atom stereocenters. The van der Waals surface area contributed by atoms with Gasteiger partial charge in [0.2, 0.25) is 0 Å². The van der Waals surface area contributed by atoms with Gasteiger partial charge in [0.15, 0.2) is 0 Å². The van der Waals surface area contributed by atoms with E-state index in [4.69, 9.17) is 0 Å². The maximum absolute atomic E-state index is 2.43. The molecule has 0 unspecified atom stereocenters. The van der Waals surface area contributed by atoms with E-state index < -0.39 is 0 Å². The topological polar surface area (TPSA) is 3.24 Å². The van der Waals surface area contributed by atoms with E-state index in [0.29, 0.717) is 0 Å². The summed E-state index contributed by atoms with van der Waals surface area (Å²) in [5.41, 5.74) is 10.7. The highest BCUT2D eigenvalue weighted by Crippen LogP contribution is 2.45. The first kappa shape index (κ1) is 30.4. The van der Waals surface area contributed by atoms with Crippen molar-refractivity contribution < 1.29 is 0 Å². The fourth-order valence-electron chi connectivity index (χ4n) is 7.57. The third-order valence-corrected chi connectivity index (χ3v) is 11.4. The Hall–Kier alpha value is -6.48. The summed E-state index contributed by atoms with van der Waals surface area (Å²) < 4.78 is 2.59. The van der Waals surface area contributed by atoms with Crippen LogP contribution in [0.1, 0.15) is 0 Å². The zero-order valence-corrected chi connectivity index (χ0v) is 29.2. The van der Waals surface area contributed by atoms with E-state index in [2.05, 4.69) is 205 Å². The molecule has 0 aliphatic heterocycles. The van der Waals surface area contributed by atoms with Gasteiger partial charge in [-0.1, -0.05) is 146 Å². The maximum atomic E-state index is 2.43. The molecule has 0 aliphatic carbocycles. The van der Waals surface area contributed by atoms with Crippen LogP contribution in [0.15, 0.2) is 200 Å². The van der Waals surface area contributed by atoms with E-state index in [-0.39, 0.29) is 0 Å². The van der Waals surface area contributed by atoms with Crippen molar-refractivity contribution >= 4 is 70.1 Å². The number of benzene rings is 9. The standard InChI is InChI=1S/C50H33NS/c1-2-10-34(11-3-1)40-23-21-37-22-24-41(32-43(37)31-40)36-26-28-44(29-27-36)51(48-18-9-17-47-46-16-6-7-19-49(46)52-50(47)48)45-15-8-14-39(33-45)42-25-20-35-12-4-5-13-38(35)30-42/h1-33H. The molecule has 0 saturated carbocycles. The predicted octanol–water partition coefficient (Wildman–Crippen LogP) is 14.8. The first-order valence-electron chi connectivity index (χ1n) is 17.7. The van der Waals surface area contributed by atoms with Gasteiger partial charge in [-0.25, -0.2) is 0 Å². The minimum Gasteiger partial charge on any atom is -0.309 e.